The summed E-state index contributed by atoms with van der Waals surface area (Å²) in [4.78, 5) is 15.6. The van der Waals surface area contributed by atoms with Crippen molar-refractivity contribution in [1.82, 2.24) is 9.55 Å². The fraction of sp³-hybridized carbons (Fsp3) is 0.176. The van der Waals surface area contributed by atoms with Crippen molar-refractivity contribution >= 4 is 51.4 Å². The van der Waals surface area contributed by atoms with Crippen LogP contribution in [0, 0.1) is 3.57 Å². The number of hydrogen-bond acceptors (Lipinski definition) is 3. The van der Waals surface area contributed by atoms with Crippen LogP contribution in [-0.4, -0.2) is 20.6 Å². The molecule has 0 bridgehead atoms. The number of benzene rings is 2. The van der Waals surface area contributed by atoms with Gasteiger partial charge in [0.1, 0.15) is 0 Å². The van der Waals surface area contributed by atoms with Crippen LogP contribution in [0.15, 0.2) is 53.7 Å². The number of rotatable bonds is 6. The molecule has 3 aromatic rings. The van der Waals surface area contributed by atoms with Crippen molar-refractivity contribution in [3.63, 3.8) is 0 Å². The van der Waals surface area contributed by atoms with Crippen molar-refractivity contribution in [3.05, 3.63) is 57.7 Å². The third kappa shape index (κ3) is 4.06. The van der Waals surface area contributed by atoms with Crippen molar-refractivity contribution < 1.29 is 9.90 Å². The van der Waals surface area contributed by atoms with E-state index >= 15 is 0 Å². The molecule has 0 aliphatic rings. The summed E-state index contributed by atoms with van der Waals surface area (Å²) >= 11 is 3.90. The van der Waals surface area contributed by atoms with E-state index < -0.39 is 5.97 Å². The maximum atomic E-state index is 10.9. The van der Waals surface area contributed by atoms with Crippen molar-refractivity contribution in [1.29, 1.82) is 0 Å². The Morgan fingerprint density at radius 3 is 2.74 bits per heavy atom. The number of carboxylic acid groups (broad SMARTS) is 1. The summed E-state index contributed by atoms with van der Waals surface area (Å²) in [5.74, 6) is 0.0189. The van der Waals surface area contributed by atoms with Crippen LogP contribution in [0.4, 0.5) is 0 Å². The minimum atomic E-state index is -0.795. The molecular formula is C17H15IN2O2S. The molecule has 2 aromatic carbocycles. The van der Waals surface area contributed by atoms with Gasteiger partial charge in [-0.3, -0.25) is 4.79 Å². The lowest BCUT2D eigenvalue weighted by molar-refractivity contribution is -0.137. The highest BCUT2D eigenvalue weighted by atomic mass is 127. The molecule has 0 radical (unpaired) electrons. The molecule has 0 atom stereocenters. The first kappa shape index (κ1) is 16.3. The molecule has 0 spiro atoms. The molecule has 6 heteroatoms. The summed E-state index contributed by atoms with van der Waals surface area (Å²) in [6, 6.07) is 16.3. The number of halogens is 1. The van der Waals surface area contributed by atoms with Crippen LogP contribution in [0.25, 0.3) is 11.0 Å². The average molecular weight is 438 g/mol. The van der Waals surface area contributed by atoms with E-state index in [9.17, 15) is 4.79 Å². The summed E-state index contributed by atoms with van der Waals surface area (Å²) in [5.41, 5.74) is 3.13. The molecule has 3 rings (SSSR count). The van der Waals surface area contributed by atoms with Gasteiger partial charge in [0, 0.05) is 15.9 Å². The minimum Gasteiger partial charge on any atom is -0.481 e. The molecule has 0 saturated carbocycles. The van der Waals surface area contributed by atoms with E-state index in [0.29, 0.717) is 6.54 Å². The Labute approximate surface area is 152 Å². The Hall–Kier alpha value is -1.54. The van der Waals surface area contributed by atoms with Crippen molar-refractivity contribution in [3.8, 4) is 0 Å². The number of hydrogen-bond donors (Lipinski definition) is 1. The van der Waals surface area contributed by atoms with Crippen LogP contribution in [0.3, 0.4) is 0 Å². The van der Waals surface area contributed by atoms with Gasteiger partial charge in [-0.2, -0.15) is 0 Å². The molecule has 1 aromatic heterocycles. The Kier molecular flexibility index (Phi) is 5.22. The van der Waals surface area contributed by atoms with Gasteiger partial charge in [0.2, 0.25) is 0 Å². The predicted molar refractivity (Wildman–Crippen MR) is 101 cm³/mol. The fourth-order valence-corrected chi connectivity index (χ4v) is 3.80. The van der Waals surface area contributed by atoms with E-state index in [4.69, 9.17) is 5.11 Å². The summed E-state index contributed by atoms with van der Waals surface area (Å²) in [6.45, 7) is 0.434. The molecule has 1 N–H and O–H groups in total. The first-order valence-electron chi connectivity index (χ1n) is 7.18. The summed E-state index contributed by atoms with van der Waals surface area (Å²) < 4.78 is 3.13. The number of aromatic nitrogens is 2. The number of fused-ring (bicyclic) bond motifs is 1. The molecule has 1 heterocycles. The predicted octanol–water partition coefficient (Wildman–Crippen LogP) is 4.41. The minimum absolute atomic E-state index is 0.0931. The van der Waals surface area contributed by atoms with Gasteiger partial charge < -0.3 is 9.67 Å². The van der Waals surface area contributed by atoms with Crippen molar-refractivity contribution in [2.75, 3.05) is 0 Å². The van der Waals surface area contributed by atoms with Crippen LogP contribution >= 0.6 is 34.4 Å². The van der Waals surface area contributed by atoms with Crippen LogP contribution in [-0.2, 0) is 17.1 Å². The Bertz CT molecular complexity index is 833. The van der Waals surface area contributed by atoms with Crippen molar-refractivity contribution in [2.24, 2.45) is 0 Å². The molecule has 4 nitrogen and oxygen atoms in total. The maximum absolute atomic E-state index is 10.9. The molecule has 0 saturated heterocycles. The zero-order chi connectivity index (χ0) is 16.2. The molecule has 0 aliphatic carbocycles. The normalized spacial score (nSPS) is 11.0. The Morgan fingerprint density at radius 2 is 2.00 bits per heavy atom. The van der Waals surface area contributed by atoms with Gasteiger partial charge in [-0.25, -0.2) is 4.98 Å². The number of carboxylic acids is 1. The third-order valence-electron chi connectivity index (χ3n) is 3.44. The van der Waals surface area contributed by atoms with E-state index in [2.05, 4.69) is 45.8 Å². The number of aryl methyl sites for hydroxylation is 1. The number of aliphatic carboxylic acids is 1. The second-order valence-corrected chi connectivity index (χ2v) is 7.29. The maximum Gasteiger partial charge on any atom is 0.305 e. The summed E-state index contributed by atoms with van der Waals surface area (Å²) in [6.07, 6.45) is 0.0931. The molecule has 0 fully saturated rings. The second-order valence-electron chi connectivity index (χ2n) is 5.10. The van der Waals surface area contributed by atoms with E-state index in [0.717, 1.165) is 25.5 Å². The smallest absolute Gasteiger partial charge is 0.305 e. The van der Waals surface area contributed by atoms with Gasteiger partial charge in [0.15, 0.2) is 5.16 Å². The van der Waals surface area contributed by atoms with Crippen LogP contribution in [0.1, 0.15) is 12.0 Å². The number of thioether (sulfide) groups is 1. The molecule has 0 aliphatic heterocycles. The lowest BCUT2D eigenvalue weighted by atomic mass is 10.2. The van der Waals surface area contributed by atoms with E-state index in [1.54, 1.807) is 11.8 Å². The highest BCUT2D eigenvalue weighted by Crippen LogP contribution is 2.28. The van der Waals surface area contributed by atoms with Gasteiger partial charge in [0.25, 0.3) is 0 Å². The summed E-state index contributed by atoms with van der Waals surface area (Å²) in [7, 11) is 0. The van der Waals surface area contributed by atoms with Gasteiger partial charge in [0.05, 0.1) is 17.5 Å². The zero-order valence-corrected chi connectivity index (χ0v) is 15.3. The number of imidazole rings is 1. The van der Waals surface area contributed by atoms with Crippen LogP contribution in [0.2, 0.25) is 0 Å². The van der Waals surface area contributed by atoms with E-state index in [1.165, 1.54) is 5.56 Å². The number of carbonyl (C=O) groups is 1. The quantitative estimate of drug-likeness (QED) is 0.458. The van der Waals surface area contributed by atoms with Gasteiger partial charge in [-0.15, -0.1) is 0 Å². The monoisotopic (exact) mass is 438 g/mol. The third-order valence-corrected chi connectivity index (χ3v) is 5.15. The SMILES string of the molecule is O=C(O)CCn1c(SCc2ccccc2)nc2ccc(I)cc21. The standard InChI is InChI=1S/C17H15IN2O2S/c18-13-6-7-14-15(10-13)20(9-8-16(21)22)17(19-14)23-11-12-4-2-1-3-5-12/h1-7,10H,8-9,11H2,(H,21,22). The first-order valence-corrected chi connectivity index (χ1v) is 9.24. The molecule has 23 heavy (non-hydrogen) atoms. The van der Waals surface area contributed by atoms with Gasteiger partial charge in [-0.05, 0) is 46.4 Å². The fourth-order valence-electron chi connectivity index (χ4n) is 2.33. The average Bonchev–Trinajstić information content (AvgIpc) is 2.88. The lowest BCUT2D eigenvalue weighted by Gasteiger charge is -2.07. The number of nitrogens with zero attached hydrogens (tertiary/aromatic N) is 2. The Morgan fingerprint density at radius 1 is 1.22 bits per heavy atom. The topological polar surface area (TPSA) is 55.1 Å². The molecule has 0 amide bonds. The highest BCUT2D eigenvalue weighted by molar-refractivity contribution is 14.1. The van der Waals surface area contributed by atoms with E-state index in [1.807, 2.05) is 34.9 Å². The largest absolute Gasteiger partial charge is 0.481 e. The first-order chi connectivity index (χ1) is 11.1. The molecule has 0 unspecified atom stereocenters. The Balaban J connectivity index is 1.90. The second kappa shape index (κ2) is 7.35. The van der Waals surface area contributed by atoms with Crippen LogP contribution < -0.4 is 0 Å². The molecular weight excluding hydrogens is 423 g/mol. The van der Waals surface area contributed by atoms with Gasteiger partial charge in [-0.1, -0.05) is 42.1 Å². The van der Waals surface area contributed by atoms with Gasteiger partial charge >= 0.3 is 5.97 Å². The highest BCUT2D eigenvalue weighted by Gasteiger charge is 2.13. The summed E-state index contributed by atoms with van der Waals surface area (Å²) in [5, 5.41) is 9.86. The van der Waals surface area contributed by atoms with Crippen molar-refractivity contribution in [2.45, 2.75) is 23.9 Å². The van der Waals surface area contributed by atoms with E-state index in [-0.39, 0.29) is 6.42 Å². The molecule has 118 valence electrons. The zero-order valence-electron chi connectivity index (χ0n) is 12.3. The lowest BCUT2D eigenvalue weighted by Crippen LogP contribution is -2.05. The van der Waals surface area contributed by atoms with Crippen LogP contribution in [0.5, 0.6) is 0 Å².